The van der Waals surface area contributed by atoms with Crippen molar-refractivity contribution in [2.24, 2.45) is 5.14 Å². The Labute approximate surface area is 46.2 Å². The van der Waals surface area contributed by atoms with Gasteiger partial charge in [-0.3, -0.25) is 0 Å². The molecule has 0 rings (SSSR count). The SMILES string of the molecule is NS(=O)(=O)C(F)CO. The number of hydrogen-bond acceptors (Lipinski definition) is 3. The van der Waals surface area contributed by atoms with E-state index in [0.717, 1.165) is 0 Å². The van der Waals surface area contributed by atoms with Crippen LogP contribution in [0.2, 0.25) is 0 Å². The van der Waals surface area contributed by atoms with E-state index in [2.05, 4.69) is 5.14 Å². The molecule has 0 aromatic heterocycles. The van der Waals surface area contributed by atoms with Gasteiger partial charge in [-0.1, -0.05) is 0 Å². The maximum Gasteiger partial charge on any atom is 0.243 e. The Hall–Kier alpha value is -0.200. The summed E-state index contributed by atoms with van der Waals surface area (Å²) in [5.41, 5.74) is -2.34. The van der Waals surface area contributed by atoms with Crippen LogP contribution in [0.3, 0.4) is 0 Å². The topological polar surface area (TPSA) is 80.4 Å². The fraction of sp³-hybridized carbons (Fsp3) is 1.00. The van der Waals surface area contributed by atoms with Crippen LogP contribution in [-0.2, 0) is 10.0 Å². The number of primary sulfonamides is 1. The third kappa shape index (κ3) is 2.20. The van der Waals surface area contributed by atoms with Gasteiger partial charge in [0.2, 0.25) is 15.5 Å². The summed E-state index contributed by atoms with van der Waals surface area (Å²) in [6, 6.07) is 0. The largest absolute Gasteiger partial charge is 0.392 e. The number of aliphatic hydroxyl groups is 1. The van der Waals surface area contributed by atoms with Gasteiger partial charge in [0, 0.05) is 0 Å². The first-order valence-electron chi connectivity index (χ1n) is 1.75. The molecular weight excluding hydrogens is 137 g/mol. The summed E-state index contributed by atoms with van der Waals surface area (Å²) >= 11 is 0. The van der Waals surface area contributed by atoms with Crippen LogP contribution in [0.5, 0.6) is 0 Å². The monoisotopic (exact) mass is 143 g/mol. The zero-order valence-electron chi connectivity index (χ0n) is 3.91. The van der Waals surface area contributed by atoms with Gasteiger partial charge in [0.15, 0.2) is 0 Å². The summed E-state index contributed by atoms with van der Waals surface area (Å²) in [4.78, 5) is 0. The lowest BCUT2D eigenvalue weighted by atomic mass is 10.8. The summed E-state index contributed by atoms with van der Waals surface area (Å²) in [7, 11) is -4.17. The normalized spacial score (nSPS) is 15.9. The smallest absolute Gasteiger partial charge is 0.243 e. The molecule has 0 amide bonds. The highest BCUT2D eigenvalue weighted by atomic mass is 32.2. The molecule has 8 heavy (non-hydrogen) atoms. The van der Waals surface area contributed by atoms with Crippen LogP contribution in [0.25, 0.3) is 0 Å². The Bertz CT molecular complexity index is 153. The molecule has 0 saturated carbocycles. The van der Waals surface area contributed by atoms with Crippen molar-refractivity contribution in [3.05, 3.63) is 0 Å². The average Bonchev–Trinajstić information content (AvgIpc) is 1.62. The lowest BCUT2D eigenvalue weighted by Gasteiger charge is -1.97. The van der Waals surface area contributed by atoms with Gasteiger partial charge < -0.3 is 5.11 Å². The van der Waals surface area contributed by atoms with Crippen LogP contribution in [0.15, 0.2) is 0 Å². The predicted octanol–water partition coefficient (Wildman–Crippen LogP) is -1.44. The second-order valence-electron chi connectivity index (χ2n) is 1.18. The Morgan fingerprint density at radius 1 is 1.75 bits per heavy atom. The van der Waals surface area contributed by atoms with Gasteiger partial charge in [-0.25, -0.2) is 17.9 Å². The number of hydrogen-bond donors (Lipinski definition) is 2. The molecule has 0 aliphatic rings. The first-order valence-corrected chi connectivity index (χ1v) is 3.36. The van der Waals surface area contributed by atoms with Crippen LogP contribution >= 0.6 is 0 Å². The van der Waals surface area contributed by atoms with Crippen molar-refractivity contribution in [3.8, 4) is 0 Å². The third-order valence-electron chi connectivity index (χ3n) is 0.500. The van der Waals surface area contributed by atoms with E-state index in [1.807, 2.05) is 0 Å². The molecule has 0 aliphatic carbocycles. The molecule has 0 aliphatic heterocycles. The predicted molar refractivity (Wildman–Crippen MR) is 25.1 cm³/mol. The quantitative estimate of drug-likeness (QED) is 0.497. The minimum absolute atomic E-state index is 1.08. The number of rotatable bonds is 2. The number of sulfonamides is 1. The molecule has 0 aromatic rings. The van der Waals surface area contributed by atoms with E-state index in [1.54, 1.807) is 0 Å². The highest BCUT2D eigenvalue weighted by molar-refractivity contribution is 7.89. The van der Waals surface area contributed by atoms with Gasteiger partial charge in [-0.2, -0.15) is 0 Å². The lowest BCUT2D eigenvalue weighted by molar-refractivity contribution is 0.226. The summed E-state index contributed by atoms with van der Waals surface area (Å²) in [5.74, 6) is 0. The molecule has 4 nitrogen and oxygen atoms in total. The molecule has 0 aromatic carbocycles. The summed E-state index contributed by atoms with van der Waals surface area (Å²) in [5, 5.41) is 12.1. The highest BCUT2D eigenvalue weighted by Crippen LogP contribution is 1.93. The second kappa shape index (κ2) is 2.38. The fourth-order valence-electron chi connectivity index (χ4n) is 0.104. The third-order valence-corrected chi connectivity index (χ3v) is 1.36. The Morgan fingerprint density at radius 2 is 2.12 bits per heavy atom. The van der Waals surface area contributed by atoms with Gasteiger partial charge in [-0.05, 0) is 0 Å². The highest BCUT2D eigenvalue weighted by Gasteiger charge is 2.17. The summed E-state index contributed by atoms with van der Waals surface area (Å²) < 4.78 is 31.3. The average molecular weight is 143 g/mol. The number of alkyl halides is 1. The minimum Gasteiger partial charge on any atom is -0.392 e. The maximum absolute atomic E-state index is 11.7. The Balaban J connectivity index is 4.04. The van der Waals surface area contributed by atoms with E-state index in [0.29, 0.717) is 0 Å². The van der Waals surface area contributed by atoms with Crippen LogP contribution in [-0.4, -0.2) is 25.6 Å². The van der Waals surface area contributed by atoms with Crippen molar-refractivity contribution in [2.45, 2.75) is 5.50 Å². The molecule has 0 heterocycles. The number of nitrogens with two attached hydrogens (primary N) is 1. The van der Waals surface area contributed by atoms with Gasteiger partial charge >= 0.3 is 0 Å². The van der Waals surface area contributed by atoms with Crippen molar-refractivity contribution in [2.75, 3.05) is 6.61 Å². The van der Waals surface area contributed by atoms with Crippen LogP contribution in [0.1, 0.15) is 0 Å². The Morgan fingerprint density at radius 3 is 2.12 bits per heavy atom. The lowest BCUT2D eigenvalue weighted by Crippen LogP contribution is -2.27. The van der Waals surface area contributed by atoms with E-state index in [9.17, 15) is 12.8 Å². The van der Waals surface area contributed by atoms with Gasteiger partial charge in [-0.15, -0.1) is 0 Å². The van der Waals surface area contributed by atoms with E-state index < -0.39 is 22.1 Å². The van der Waals surface area contributed by atoms with E-state index >= 15 is 0 Å². The van der Waals surface area contributed by atoms with Gasteiger partial charge in [0.25, 0.3) is 0 Å². The van der Waals surface area contributed by atoms with Gasteiger partial charge in [0.1, 0.15) is 0 Å². The van der Waals surface area contributed by atoms with Crippen molar-refractivity contribution in [3.63, 3.8) is 0 Å². The maximum atomic E-state index is 11.7. The first-order chi connectivity index (χ1) is 3.48. The molecule has 1 unspecified atom stereocenters. The number of aliphatic hydroxyl groups excluding tert-OH is 1. The van der Waals surface area contributed by atoms with E-state index in [4.69, 9.17) is 5.11 Å². The molecule has 1 atom stereocenters. The van der Waals surface area contributed by atoms with E-state index in [1.165, 1.54) is 0 Å². The molecule has 0 saturated heterocycles. The zero-order chi connectivity index (χ0) is 6.78. The van der Waals surface area contributed by atoms with Crippen molar-refractivity contribution < 1.29 is 17.9 Å². The first kappa shape index (κ1) is 7.80. The Kier molecular flexibility index (Phi) is 2.32. The molecule has 50 valence electrons. The summed E-state index contributed by atoms with van der Waals surface area (Å²) in [6.07, 6.45) is 0. The molecule has 0 spiro atoms. The molecule has 6 heteroatoms. The molecule has 0 bridgehead atoms. The number of halogens is 1. The van der Waals surface area contributed by atoms with Crippen LogP contribution < -0.4 is 5.14 Å². The van der Waals surface area contributed by atoms with E-state index in [-0.39, 0.29) is 0 Å². The molecule has 3 N–H and O–H groups in total. The second-order valence-corrected chi connectivity index (χ2v) is 2.87. The molecule has 0 radical (unpaired) electrons. The zero-order valence-corrected chi connectivity index (χ0v) is 4.73. The minimum atomic E-state index is -4.17. The van der Waals surface area contributed by atoms with Crippen LogP contribution in [0.4, 0.5) is 4.39 Å². The standard InChI is InChI=1S/C2H6FNO3S/c3-2(1-5)8(4,6)7/h2,5H,1H2,(H2,4,6,7). The fourth-order valence-corrected chi connectivity index (χ4v) is 0.312. The van der Waals surface area contributed by atoms with Crippen molar-refractivity contribution >= 4 is 10.0 Å². The van der Waals surface area contributed by atoms with Crippen LogP contribution in [0, 0.1) is 0 Å². The van der Waals surface area contributed by atoms with Crippen molar-refractivity contribution in [1.82, 2.24) is 0 Å². The molecule has 0 fully saturated rings. The molecular formula is C2H6FNO3S. The summed E-state index contributed by atoms with van der Waals surface area (Å²) in [6.45, 7) is -1.08. The van der Waals surface area contributed by atoms with Gasteiger partial charge in [0.05, 0.1) is 6.61 Å². The van der Waals surface area contributed by atoms with Crippen molar-refractivity contribution in [1.29, 1.82) is 0 Å².